The smallest absolute Gasteiger partial charge is 0.450 e. The van der Waals surface area contributed by atoms with Gasteiger partial charge in [-0.2, -0.15) is 4.98 Å². The van der Waals surface area contributed by atoms with Gasteiger partial charge in [-0.1, -0.05) is 46.0 Å². The number of ether oxygens (including phenoxy) is 2. The van der Waals surface area contributed by atoms with Crippen molar-refractivity contribution >= 4 is 27.8 Å². The molecule has 8 heteroatoms. The van der Waals surface area contributed by atoms with Crippen LogP contribution in [-0.4, -0.2) is 23.4 Å². The molecule has 0 amide bonds. The van der Waals surface area contributed by atoms with E-state index in [1.54, 1.807) is 19.9 Å². The number of rotatable bonds is 13. The predicted octanol–water partition coefficient (Wildman–Crippen LogP) is 6.76. The first-order valence-corrected chi connectivity index (χ1v) is 11.5. The molecule has 0 radical (unpaired) electrons. The molecule has 0 bridgehead atoms. The van der Waals surface area contributed by atoms with Crippen LogP contribution in [0.1, 0.15) is 89.9 Å². The van der Waals surface area contributed by atoms with Gasteiger partial charge >= 0.3 is 17.9 Å². The van der Waals surface area contributed by atoms with Crippen molar-refractivity contribution in [1.82, 2.24) is 4.98 Å². The largest absolute Gasteiger partial charge is 0.495 e. The molecule has 168 valence electrons. The van der Waals surface area contributed by atoms with E-state index in [1.807, 2.05) is 6.92 Å². The van der Waals surface area contributed by atoms with Crippen LogP contribution in [0, 0.1) is 0 Å². The van der Waals surface area contributed by atoms with Gasteiger partial charge in [0.05, 0.1) is 12.0 Å². The first kappa shape index (κ1) is 24.3. The highest BCUT2D eigenvalue weighted by Crippen LogP contribution is 2.33. The van der Waals surface area contributed by atoms with E-state index in [0.29, 0.717) is 29.7 Å². The topological polar surface area (TPSA) is 78.6 Å². The maximum absolute atomic E-state index is 12.5. The average Bonchev–Trinajstić information content (AvgIpc) is 3.09. The van der Waals surface area contributed by atoms with Crippen LogP contribution in [-0.2, 0) is 4.74 Å². The van der Waals surface area contributed by atoms with E-state index in [2.05, 4.69) is 11.9 Å². The molecule has 0 aromatic carbocycles. The number of unbranched alkanes of at least 4 members (excludes halogenated alkanes) is 5. The maximum Gasteiger partial charge on any atom is 0.495 e. The Labute approximate surface area is 180 Å². The molecule has 1 atom stereocenters. The Bertz CT molecular complexity index is 876. The number of halogens is 1. The van der Waals surface area contributed by atoms with Crippen LogP contribution in [0.3, 0.4) is 0 Å². The number of carbonyl (C=O) groups excluding carboxylic acids is 1. The van der Waals surface area contributed by atoms with Gasteiger partial charge in [-0.15, -0.1) is 15.7 Å². The first-order chi connectivity index (χ1) is 14.2. The summed E-state index contributed by atoms with van der Waals surface area (Å²) in [5.41, 5.74) is -1.34. The highest BCUT2D eigenvalue weighted by atomic mass is 32.1. The molecule has 0 saturated carbocycles. The third-order valence-corrected chi connectivity index (χ3v) is 6.33. The number of nitrogens with zero attached hydrogens (tertiary/aromatic N) is 1. The SMILES string of the molecule is CCCCCCCCOc1nc2sc(C(C)CCC(C)(C)OC(=O)F)cc2c(=O)o1. The van der Waals surface area contributed by atoms with Crippen molar-refractivity contribution in [2.45, 2.75) is 90.6 Å². The van der Waals surface area contributed by atoms with Crippen molar-refractivity contribution in [2.24, 2.45) is 0 Å². The minimum Gasteiger partial charge on any atom is -0.450 e. The number of carbonyl (C=O) groups is 1. The van der Waals surface area contributed by atoms with Gasteiger partial charge in [0.2, 0.25) is 0 Å². The molecule has 0 saturated heterocycles. The van der Waals surface area contributed by atoms with Crippen molar-refractivity contribution in [3.8, 4) is 6.08 Å². The molecule has 0 aliphatic rings. The standard InChI is InChI=1S/C22H32FNO5S/c1-5-6-7-8-9-10-13-27-21-24-18-16(19(25)28-21)14-17(30-18)15(2)11-12-22(3,4)29-20(23)26/h14-15H,5-13H2,1-4H3. The van der Waals surface area contributed by atoms with E-state index in [9.17, 15) is 14.0 Å². The monoisotopic (exact) mass is 441 g/mol. The third kappa shape index (κ3) is 7.70. The fourth-order valence-electron chi connectivity index (χ4n) is 3.19. The lowest BCUT2D eigenvalue weighted by atomic mass is 9.95. The number of thiophene rings is 1. The van der Waals surface area contributed by atoms with Crippen LogP contribution in [0.25, 0.3) is 10.2 Å². The molecule has 0 N–H and O–H groups in total. The van der Waals surface area contributed by atoms with Crippen LogP contribution in [0.4, 0.5) is 9.18 Å². The summed E-state index contributed by atoms with van der Waals surface area (Å²) in [6.07, 6.45) is 6.28. The molecule has 30 heavy (non-hydrogen) atoms. The molecule has 6 nitrogen and oxygen atoms in total. The summed E-state index contributed by atoms with van der Waals surface area (Å²) in [5.74, 6) is 0.0914. The lowest BCUT2D eigenvalue weighted by Crippen LogP contribution is -2.26. The van der Waals surface area contributed by atoms with Gasteiger partial charge in [-0.3, -0.25) is 0 Å². The van der Waals surface area contributed by atoms with Gasteiger partial charge in [0.25, 0.3) is 0 Å². The summed E-state index contributed by atoms with van der Waals surface area (Å²) in [6, 6.07) is 1.79. The van der Waals surface area contributed by atoms with Gasteiger partial charge < -0.3 is 13.9 Å². The van der Waals surface area contributed by atoms with Crippen molar-refractivity contribution in [2.75, 3.05) is 6.61 Å². The Hall–Kier alpha value is -1.96. The predicted molar refractivity (Wildman–Crippen MR) is 116 cm³/mol. The van der Waals surface area contributed by atoms with Crippen molar-refractivity contribution in [1.29, 1.82) is 0 Å². The van der Waals surface area contributed by atoms with Crippen LogP contribution in [0.2, 0.25) is 0 Å². The van der Waals surface area contributed by atoms with E-state index in [1.165, 1.54) is 37.0 Å². The number of fused-ring (bicyclic) bond motifs is 1. The maximum atomic E-state index is 12.5. The minimum atomic E-state index is -1.77. The minimum absolute atomic E-state index is 0.0121. The second kappa shape index (κ2) is 11.4. The van der Waals surface area contributed by atoms with Gasteiger partial charge in [-0.25, -0.2) is 9.59 Å². The Morgan fingerprint density at radius 3 is 2.67 bits per heavy atom. The molecule has 0 spiro atoms. The third-order valence-electron chi connectivity index (χ3n) is 5.07. The van der Waals surface area contributed by atoms with Crippen LogP contribution >= 0.6 is 11.3 Å². The molecule has 1 unspecified atom stereocenters. The summed E-state index contributed by atoms with van der Waals surface area (Å²) in [7, 11) is 0. The molecular weight excluding hydrogens is 409 g/mol. The van der Waals surface area contributed by atoms with Crippen molar-refractivity contribution < 1.29 is 23.1 Å². The fraction of sp³-hybridized carbons (Fsp3) is 0.682. The quantitative estimate of drug-likeness (QED) is 0.252. The summed E-state index contributed by atoms with van der Waals surface area (Å²) in [6.45, 7) is 8.02. The van der Waals surface area contributed by atoms with Gasteiger partial charge in [0, 0.05) is 4.88 Å². The molecule has 0 aliphatic heterocycles. The van der Waals surface area contributed by atoms with Crippen LogP contribution in [0.5, 0.6) is 6.08 Å². The Morgan fingerprint density at radius 2 is 1.97 bits per heavy atom. The lowest BCUT2D eigenvalue weighted by Gasteiger charge is -2.24. The van der Waals surface area contributed by atoms with Gasteiger partial charge in [0.1, 0.15) is 10.4 Å². The molecular formula is C22H32FNO5S. The van der Waals surface area contributed by atoms with Crippen molar-refractivity contribution in [3.05, 3.63) is 21.4 Å². The van der Waals surface area contributed by atoms with E-state index in [4.69, 9.17) is 13.9 Å². The highest BCUT2D eigenvalue weighted by molar-refractivity contribution is 7.18. The van der Waals surface area contributed by atoms with Crippen molar-refractivity contribution in [3.63, 3.8) is 0 Å². The molecule has 2 heterocycles. The Morgan fingerprint density at radius 1 is 1.27 bits per heavy atom. The zero-order chi connectivity index (χ0) is 22.1. The van der Waals surface area contributed by atoms with E-state index >= 15 is 0 Å². The lowest BCUT2D eigenvalue weighted by molar-refractivity contribution is 0.0144. The van der Waals surface area contributed by atoms with Gasteiger partial charge in [-0.05, 0) is 45.1 Å². The molecule has 0 fully saturated rings. The normalized spacial score (nSPS) is 12.8. The van der Waals surface area contributed by atoms with Gasteiger partial charge in [0.15, 0.2) is 0 Å². The zero-order valence-corrected chi connectivity index (χ0v) is 19.1. The molecule has 2 aromatic rings. The second-order valence-corrected chi connectivity index (χ2v) is 9.35. The van der Waals surface area contributed by atoms with E-state index in [0.717, 1.165) is 17.7 Å². The Kier molecular flexibility index (Phi) is 9.27. The number of aromatic nitrogens is 1. The van der Waals surface area contributed by atoms with E-state index in [-0.39, 0.29) is 12.0 Å². The fourth-order valence-corrected chi connectivity index (χ4v) is 4.28. The summed E-state index contributed by atoms with van der Waals surface area (Å²) >= 11 is 1.42. The zero-order valence-electron chi connectivity index (χ0n) is 18.3. The number of hydrogen-bond acceptors (Lipinski definition) is 7. The van der Waals surface area contributed by atoms with Crippen LogP contribution < -0.4 is 10.4 Å². The van der Waals surface area contributed by atoms with Crippen LogP contribution in [0.15, 0.2) is 15.3 Å². The summed E-state index contributed by atoms with van der Waals surface area (Å²) in [5, 5.41) is 0.434. The molecule has 2 aromatic heterocycles. The highest BCUT2D eigenvalue weighted by Gasteiger charge is 2.25. The first-order valence-electron chi connectivity index (χ1n) is 10.7. The average molecular weight is 442 g/mol. The molecule has 2 rings (SSSR count). The summed E-state index contributed by atoms with van der Waals surface area (Å²) < 4.78 is 28.0. The Balaban J connectivity index is 1.94. The summed E-state index contributed by atoms with van der Waals surface area (Å²) in [4.78, 5) is 28.8. The molecule has 0 aliphatic carbocycles. The second-order valence-electron chi connectivity index (χ2n) is 8.29. The van der Waals surface area contributed by atoms with E-state index < -0.39 is 17.4 Å². The number of hydrogen-bond donors (Lipinski definition) is 0.